The van der Waals surface area contributed by atoms with Crippen molar-refractivity contribution in [3.05, 3.63) is 60.7 Å². The second kappa shape index (κ2) is 10.7. The molecule has 0 bridgehead atoms. The molecule has 0 fully saturated rings. The van der Waals surface area contributed by atoms with Crippen LogP contribution in [0.4, 0.5) is 0 Å². The molecular formula is C10H11BrFe-6. The van der Waals surface area contributed by atoms with Crippen molar-refractivity contribution < 1.29 is 17.1 Å². The molecule has 0 aliphatic carbocycles. The molecule has 0 atom stereocenters. The van der Waals surface area contributed by atoms with Crippen molar-refractivity contribution in [1.29, 1.82) is 0 Å². The van der Waals surface area contributed by atoms with Crippen molar-refractivity contribution in [2.75, 3.05) is 0 Å². The molecule has 2 heteroatoms. The molecule has 2 aromatic carbocycles. The van der Waals surface area contributed by atoms with Gasteiger partial charge in [0.25, 0.3) is 0 Å². The maximum absolute atomic E-state index is 2.00. The fourth-order valence-electron chi connectivity index (χ4n) is 0.642. The second-order valence-electron chi connectivity index (χ2n) is 1.92. The van der Waals surface area contributed by atoms with E-state index in [-0.39, 0.29) is 34.1 Å². The van der Waals surface area contributed by atoms with E-state index in [1.54, 1.807) is 0 Å². The zero-order valence-corrected chi connectivity index (χ0v) is 9.35. The van der Waals surface area contributed by atoms with Crippen molar-refractivity contribution in [3.8, 4) is 0 Å². The summed E-state index contributed by atoms with van der Waals surface area (Å²) in [6.07, 6.45) is 0. The fraction of sp³-hybridized carbons (Fsp3) is 0. The maximum atomic E-state index is 2.00. The number of rotatable bonds is 0. The first-order chi connectivity index (χ1) is 5.00. The smallest absolute Gasteiger partial charge is 0 e. The summed E-state index contributed by atoms with van der Waals surface area (Å²) in [7, 11) is 0. The van der Waals surface area contributed by atoms with E-state index in [0.29, 0.717) is 0 Å². The van der Waals surface area contributed by atoms with E-state index >= 15 is 0 Å². The van der Waals surface area contributed by atoms with Gasteiger partial charge in [-0.3, -0.25) is 0 Å². The Labute approximate surface area is 94.6 Å². The molecule has 0 saturated heterocycles. The summed E-state index contributed by atoms with van der Waals surface area (Å²) in [5, 5.41) is 0. The Balaban J connectivity index is 0. The normalized spacial score (nSPS) is 6.67. The van der Waals surface area contributed by atoms with Gasteiger partial charge in [-0.2, -0.15) is 18.2 Å². The molecule has 12 heavy (non-hydrogen) atoms. The van der Waals surface area contributed by atoms with Gasteiger partial charge in [0.2, 0.25) is 0 Å². The van der Waals surface area contributed by atoms with Crippen LogP contribution in [0.3, 0.4) is 0 Å². The van der Waals surface area contributed by atoms with E-state index in [1.165, 1.54) is 0 Å². The van der Waals surface area contributed by atoms with E-state index in [0.717, 1.165) is 0 Å². The maximum Gasteiger partial charge on any atom is 0 e. The Kier molecular flexibility index (Phi) is 12.7. The monoisotopic (exact) mass is 266 g/mol. The van der Waals surface area contributed by atoms with Crippen LogP contribution in [0.15, 0.2) is 60.7 Å². The van der Waals surface area contributed by atoms with Crippen LogP contribution < -0.4 is 0 Å². The molecule has 0 unspecified atom stereocenters. The van der Waals surface area contributed by atoms with Crippen LogP contribution in [-0.4, -0.2) is 0 Å². The first-order valence-electron chi connectivity index (χ1n) is 3.33. The Bertz CT molecular complexity index is 149. The van der Waals surface area contributed by atoms with Gasteiger partial charge < -0.3 is 30.3 Å². The summed E-state index contributed by atoms with van der Waals surface area (Å²) in [4.78, 5) is 0. The predicted molar refractivity (Wildman–Crippen MR) is 54.4 cm³/mol. The summed E-state index contributed by atoms with van der Waals surface area (Å²) >= 11 is 0. The molecule has 0 nitrogen and oxygen atoms in total. The largest absolute Gasteiger partial charge is 0.748 e. The van der Waals surface area contributed by atoms with E-state index in [4.69, 9.17) is 0 Å². The SMILES string of the molecule is Br.[Fe].[cH-]1[cH-][cH-][cH-][cH-]1.c1cc[cH-]c1. The van der Waals surface area contributed by atoms with Crippen molar-refractivity contribution in [1.82, 2.24) is 0 Å². The van der Waals surface area contributed by atoms with E-state index in [1.807, 2.05) is 60.7 Å². The number of hydrogen-bond acceptors (Lipinski definition) is 0. The van der Waals surface area contributed by atoms with Crippen molar-refractivity contribution in [2.24, 2.45) is 0 Å². The first-order valence-corrected chi connectivity index (χ1v) is 3.33. The predicted octanol–water partition coefficient (Wildman–Crippen LogP) is 3.39. The molecule has 0 radical (unpaired) electrons. The molecule has 0 spiro atoms. The van der Waals surface area contributed by atoms with Crippen molar-refractivity contribution in [3.63, 3.8) is 0 Å². The van der Waals surface area contributed by atoms with Crippen LogP contribution in [-0.2, 0) is 17.1 Å². The van der Waals surface area contributed by atoms with Gasteiger partial charge in [0.1, 0.15) is 0 Å². The van der Waals surface area contributed by atoms with Crippen LogP contribution in [0.5, 0.6) is 0 Å². The quantitative estimate of drug-likeness (QED) is 0.507. The van der Waals surface area contributed by atoms with E-state index in [9.17, 15) is 0 Å². The van der Waals surface area contributed by atoms with Crippen LogP contribution in [0.25, 0.3) is 0 Å². The number of halogens is 1. The van der Waals surface area contributed by atoms with E-state index in [2.05, 4.69) is 0 Å². The average Bonchev–Trinajstić information content (AvgIpc) is 2.67. The van der Waals surface area contributed by atoms with Crippen LogP contribution >= 0.6 is 17.0 Å². The van der Waals surface area contributed by atoms with Crippen LogP contribution in [0.2, 0.25) is 0 Å². The third-order valence-corrected chi connectivity index (χ3v) is 1.11. The average molecular weight is 267 g/mol. The molecule has 72 valence electrons. The van der Waals surface area contributed by atoms with Gasteiger partial charge in [-0.15, -0.1) is 17.0 Å². The Morgan fingerprint density at radius 3 is 1.17 bits per heavy atom. The van der Waals surface area contributed by atoms with Gasteiger partial charge in [-0.25, -0.2) is 12.1 Å². The molecule has 0 saturated carbocycles. The van der Waals surface area contributed by atoms with Gasteiger partial charge in [0.05, 0.1) is 0 Å². The standard InChI is InChI=1S/2C5H5.BrH.Fe/c2*1-2-4-5-3-1;;/h2*1-5H;1H;/q-5;-1;;. The molecule has 0 aromatic heterocycles. The molecule has 0 aliphatic heterocycles. The Morgan fingerprint density at radius 2 is 1.00 bits per heavy atom. The zero-order valence-electron chi connectivity index (χ0n) is 6.54. The minimum atomic E-state index is 0. The molecule has 0 N–H and O–H groups in total. The molecule has 2 rings (SSSR count). The minimum absolute atomic E-state index is 0. The summed E-state index contributed by atoms with van der Waals surface area (Å²) < 4.78 is 0. The van der Waals surface area contributed by atoms with Gasteiger partial charge >= 0.3 is 0 Å². The minimum Gasteiger partial charge on any atom is -0.748 e. The second-order valence-corrected chi connectivity index (χ2v) is 1.92. The summed E-state index contributed by atoms with van der Waals surface area (Å²) in [5.41, 5.74) is 0. The van der Waals surface area contributed by atoms with E-state index < -0.39 is 0 Å². The van der Waals surface area contributed by atoms with Gasteiger partial charge in [-0.05, 0) is 0 Å². The van der Waals surface area contributed by atoms with Gasteiger partial charge in [0.15, 0.2) is 0 Å². The summed E-state index contributed by atoms with van der Waals surface area (Å²) in [5.74, 6) is 0. The third-order valence-electron chi connectivity index (χ3n) is 1.11. The Morgan fingerprint density at radius 1 is 0.667 bits per heavy atom. The molecule has 0 aliphatic rings. The summed E-state index contributed by atoms with van der Waals surface area (Å²) in [6, 6.07) is 20.0. The van der Waals surface area contributed by atoms with Gasteiger partial charge in [-0.1, -0.05) is 0 Å². The first kappa shape index (κ1) is 14.2. The van der Waals surface area contributed by atoms with Crippen molar-refractivity contribution in [2.45, 2.75) is 0 Å². The molecule has 2 aromatic rings. The van der Waals surface area contributed by atoms with Crippen molar-refractivity contribution >= 4 is 17.0 Å². The van der Waals surface area contributed by atoms with Crippen LogP contribution in [0.1, 0.15) is 0 Å². The van der Waals surface area contributed by atoms with Gasteiger partial charge in [0, 0.05) is 17.1 Å². The zero-order chi connectivity index (χ0) is 7.07. The summed E-state index contributed by atoms with van der Waals surface area (Å²) in [6.45, 7) is 0. The molecule has 0 heterocycles. The molecular weight excluding hydrogens is 256 g/mol. The topological polar surface area (TPSA) is 0 Å². The molecule has 0 amide bonds. The third kappa shape index (κ3) is 7.80. The van der Waals surface area contributed by atoms with Crippen LogP contribution in [0, 0.1) is 0 Å². The fourth-order valence-corrected chi connectivity index (χ4v) is 0.642. The Hall–Kier alpha value is -0.301. The number of hydrogen-bond donors (Lipinski definition) is 0.